The van der Waals surface area contributed by atoms with E-state index in [2.05, 4.69) is 0 Å². The molecular weight excluding hydrogens is 385 g/mol. The highest BCUT2D eigenvalue weighted by atomic mass is 127. The largest absolute Gasteiger partial charge is 0.388 e. The Balaban J connectivity index is 2.28. The summed E-state index contributed by atoms with van der Waals surface area (Å²) in [5.41, 5.74) is 0.818. The highest BCUT2D eigenvalue weighted by molar-refractivity contribution is 14.1. The van der Waals surface area contributed by atoms with Crippen LogP contribution >= 0.6 is 34.2 Å². The molecule has 0 spiro atoms. The van der Waals surface area contributed by atoms with Gasteiger partial charge in [0.1, 0.15) is 11.6 Å². The summed E-state index contributed by atoms with van der Waals surface area (Å²) in [6, 6.07) is 8.46. The van der Waals surface area contributed by atoms with E-state index in [1.165, 1.54) is 30.3 Å². The van der Waals surface area contributed by atoms with Crippen molar-refractivity contribution in [1.82, 2.24) is 0 Å². The molecule has 1 unspecified atom stereocenters. The van der Waals surface area contributed by atoms with Gasteiger partial charge in [0.15, 0.2) is 0 Å². The fraction of sp³-hybridized carbons (Fsp3) is 0.143. The molecule has 0 bridgehead atoms. The molecule has 0 radical (unpaired) electrons. The summed E-state index contributed by atoms with van der Waals surface area (Å²) in [6.45, 7) is 0. The topological polar surface area (TPSA) is 20.2 Å². The van der Waals surface area contributed by atoms with E-state index in [0.29, 0.717) is 9.13 Å². The van der Waals surface area contributed by atoms with E-state index < -0.39 is 11.9 Å². The number of halogens is 4. The lowest BCUT2D eigenvalue weighted by molar-refractivity contribution is 0.176. The number of benzene rings is 2. The molecule has 0 aliphatic carbocycles. The molecule has 2 aromatic rings. The average Bonchev–Trinajstić information content (AvgIpc) is 2.33. The molecule has 1 nitrogen and oxygen atoms in total. The molecule has 0 fully saturated rings. The predicted molar refractivity (Wildman–Crippen MR) is 79.2 cm³/mol. The summed E-state index contributed by atoms with van der Waals surface area (Å²) in [4.78, 5) is 0. The van der Waals surface area contributed by atoms with Gasteiger partial charge >= 0.3 is 0 Å². The van der Waals surface area contributed by atoms with Gasteiger partial charge < -0.3 is 5.11 Å². The lowest BCUT2D eigenvalue weighted by Crippen LogP contribution is -2.06. The van der Waals surface area contributed by atoms with Crippen LogP contribution < -0.4 is 0 Å². The summed E-state index contributed by atoms with van der Waals surface area (Å²) in [5.74, 6) is -0.826. The summed E-state index contributed by atoms with van der Waals surface area (Å²) in [6.07, 6.45) is -0.880. The highest BCUT2D eigenvalue weighted by Gasteiger charge is 2.16. The summed E-state index contributed by atoms with van der Waals surface area (Å²) < 4.78 is 27.2. The first-order valence-corrected chi connectivity index (χ1v) is 7.00. The summed E-state index contributed by atoms with van der Waals surface area (Å²) in [5, 5.41) is 10.4. The minimum absolute atomic E-state index is 0.0488. The van der Waals surface area contributed by atoms with Crippen LogP contribution in [-0.2, 0) is 6.42 Å². The Morgan fingerprint density at radius 1 is 1.21 bits per heavy atom. The van der Waals surface area contributed by atoms with Crippen LogP contribution in [0.5, 0.6) is 0 Å². The molecule has 2 aromatic carbocycles. The van der Waals surface area contributed by atoms with Crippen molar-refractivity contribution in [2.45, 2.75) is 12.5 Å². The van der Waals surface area contributed by atoms with E-state index in [0.717, 1.165) is 0 Å². The monoisotopic (exact) mass is 394 g/mol. The van der Waals surface area contributed by atoms with Crippen molar-refractivity contribution >= 4 is 34.2 Å². The first-order chi connectivity index (χ1) is 8.99. The van der Waals surface area contributed by atoms with Crippen LogP contribution in [0, 0.1) is 15.2 Å². The molecule has 0 saturated carbocycles. The maximum atomic E-state index is 13.6. The van der Waals surface area contributed by atoms with Crippen LogP contribution in [0.4, 0.5) is 8.78 Å². The van der Waals surface area contributed by atoms with Gasteiger partial charge in [0, 0.05) is 20.6 Å². The van der Waals surface area contributed by atoms with Crippen molar-refractivity contribution in [2.75, 3.05) is 0 Å². The van der Waals surface area contributed by atoms with Gasteiger partial charge in [0.05, 0.1) is 6.10 Å². The lowest BCUT2D eigenvalue weighted by Gasteiger charge is -2.14. The molecule has 0 aromatic heterocycles. The number of aliphatic hydroxyl groups excluding tert-OH is 1. The van der Waals surface area contributed by atoms with Crippen LogP contribution in [0.15, 0.2) is 36.4 Å². The molecule has 0 saturated heterocycles. The number of hydrogen-bond donors (Lipinski definition) is 1. The van der Waals surface area contributed by atoms with Gasteiger partial charge in [-0.25, -0.2) is 8.78 Å². The van der Waals surface area contributed by atoms with Gasteiger partial charge in [-0.15, -0.1) is 0 Å². The van der Waals surface area contributed by atoms with E-state index in [4.69, 9.17) is 11.6 Å². The standard InChI is InChI=1S/C14H10ClF2IO/c15-11-2-1-3-12(17)10(11)7-14(19)9-5-4-8(16)6-13(9)18/h1-6,14,19H,7H2. The van der Waals surface area contributed by atoms with E-state index in [1.54, 1.807) is 6.07 Å². The molecule has 1 N–H and O–H groups in total. The smallest absolute Gasteiger partial charge is 0.127 e. The molecule has 5 heteroatoms. The molecule has 100 valence electrons. The predicted octanol–water partition coefficient (Wildman–Crippen LogP) is 4.50. The van der Waals surface area contributed by atoms with Crippen molar-refractivity contribution in [3.05, 3.63) is 67.8 Å². The van der Waals surface area contributed by atoms with Crippen molar-refractivity contribution < 1.29 is 13.9 Å². The lowest BCUT2D eigenvalue weighted by atomic mass is 10.0. The van der Waals surface area contributed by atoms with Gasteiger partial charge in [-0.1, -0.05) is 23.7 Å². The first kappa shape index (κ1) is 14.7. The van der Waals surface area contributed by atoms with Crippen LogP contribution in [0.3, 0.4) is 0 Å². The third-order valence-corrected chi connectivity index (χ3v) is 4.07. The summed E-state index contributed by atoms with van der Waals surface area (Å²) in [7, 11) is 0. The molecule has 0 amide bonds. The Labute approximate surface area is 128 Å². The SMILES string of the molecule is OC(Cc1c(F)cccc1Cl)c1ccc(F)cc1I. The number of rotatable bonds is 3. The fourth-order valence-corrected chi connectivity index (χ4v) is 2.88. The maximum absolute atomic E-state index is 13.6. The minimum Gasteiger partial charge on any atom is -0.388 e. The molecule has 19 heavy (non-hydrogen) atoms. The average molecular weight is 395 g/mol. The number of aliphatic hydroxyl groups is 1. The second-order valence-corrected chi connectivity index (χ2v) is 5.66. The van der Waals surface area contributed by atoms with Gasteiger partial charge in [-0.3, -0.25) is 0 Å². The molecule has 2 rings (SSSR count). The second kappa shape index (κ2) is 6.15. The maximum Gasteiger partial charge on any atom is 0.127 e. The second-order valence-electron chi connectivity index (χ2n) is 4.09. The zero-order valence-corrected chi connectivity index (χ0v) is 12.6. The molecular formula is C14H10ClF2IO. The zero-order valence-electron chi connectivity index (χ0n) is 9.71. The van der Waals surface area contributed by atoms with E-state index in [1.807, 2.05) is 22.6 Å². The van der Waals surface area contributed by atoms with Crippen LogP contribution in [0.25, 0.3) is 0 Å². The van der Waals surface area contributed by atoms with Gasteiger partial charge in [-0.05, 0) is 52.4 Å². The normalized spacial score (nSPS) is 12.5. The summed E-state index contributed by atoms with van der Waals surface area (Å²) >= 11 is 7.85. The van der Waals surface area contributed by atoms with E-state index in [9.17, 15) is 13.9 Å². The third kappa shape index (κ3) is 3.43. The van der Waals surface area contributed by atoms with Gasteiger partial charge in [0.2, 0.25) is 0 Å². The van der Waals surface area contributed by atoms with Gasteiger partial charge in [-0.2, -0.15) is 0 Å². The molecule has 1 atom stereocenters. The Bertz CT molecular complexity index is 584. The molecule has 0 aliphatic rings. The van der Waals surface area contributed by atoms with Crippen molar-refractivity contribution in [1.29, 1.82) is 0 Å². The Morgan fingerprint density at radius 2 is 1.95 bits per heavy atom. The minimum atomic E-state index is -0.929. The molecule has 0 heterocycles. The van der Waals surface area contributed by atoms with Crippen molar-refractivity contribution in [3.8, 4) is 0 Å². The highest BCUT2D eigenvalue weighted by Crippen LogP contribution is 2.28. The Morgan fingerprint density at radius 3 is 2.58 bits per heavy atom. The van der Waals surface area contributed by atoms with Crippen molar-refractivity contribution in [3.63, 3.8) is 0 Å². The van der Waals surface area contributed by atoms with E-state index >= 15 is 0 Å². The Kier molecular flexibility index (Phi) is 4.76. The third-order valence-electron chi connectivity index (χ3n) is 2.78. The van der Waals surface area contributed by atoms with Crippen molar-refractivity contribution in [2.24, 2.45) is 0 Å². The first-order valence-electron chi connectivity index (χ1n) is 5.55. The van der Waals surface area contributed by atoms with Crippen LogP contribution in [0.2, 0.25) is 5.02 Å². The van der Waals surface area contributed by atoms with Crippen LogP contribution in [-0.4, -0.2) is 5.11 Å². The number of hydrogen-bond acceptors (Lipinski definition) is 1. The zero-order chi connectivity index (χ0) is 14.0. The van der Waals surface area contributed by atoms with E-state index in [-0.39, 0.29) is 22.8 Å². The molecule has 0 aliphatic heterocycles. The quantitative estimate of drug-likeness (QED) is 0.760. The Hall–Kier alpha value is -0.720. The fourth-order valence-electron chi connectivity index (χ4n) is 1.80. The van der Waals surface area contributed by atoms with Crippen LogP contribution in [0.1, 0.15) is 17.2 Å². The van der Waals surface area contributed by atoms with Gasteiger partial charge in [0.25, 0.3) is 0 Å².